The van der Waals surface area contributed by atoms with Crippen LogP contribution in [0.4, 0.5) is 0 Å². The molecule has 0 saturated heterocycles. The zero-order valence-corrected chi connectivity index (χ0v) is 7.53. The van der Waals surface area contributed by atoms with Crippen molar-refractivity contribution in [3.05, 3.63) is 24.7 Å². The molecule has 12 heavy (non-hydrogen) atoms. The highest BCUT2D eigenvalue weighted by Crippen LogP contribution is 2.10. The SMILES string of the molecule is CC(C)(CO)CO.c1ccoc1. The summed E-state index contributed by atoms with van der Waals surface area (Å²) in [4.78, 5) is 0. The van der Waals surface area contributed by atoms with Crippen molar-refractivity contribution in [2.75, 3.05) is 13.2 Å². The molecule has 0 saturated carbocycles. The molecule has 0 spiro atoms. The van der Waals surface area contributed by atoms with Gasteiger partial charge in [-0.25, -0.2) is 0 Å². The second-order valence-electron chi connectivity index (χ2n) is 3.27. The average Bonchev–Trinajstić information content (AvgIpc) is 2.62. The van der Waals surface area contributed by atoms with Crippen LogP contribution < -0.4 is 0 Å². The van der Waals surface area contributed by atoms with Crippen molar-refractivity contribution in [2.45, 2.75) is 13.8 Å². The van der Waals surface area contributed by atoms with Crippen LogP contribution in [0.25, 0.3) is 0 Å². The second kappa shape index (κ2) is 5.80. The topological polar surface area (TPSA) is 53.6 Å². The third-order valence-corrected chi connectivity index (χ3v) is 1.28. The van der Waals surface area contributed by atoms with Crippen LogP contribution >= 0.6 is 0 Å². The Bertz CT molecular complexity index is 145. The zero-order chi connectivity index (χ0) is 9.45. The van der Waals surface area contributed by atoms with Gasteiger partial charge in [-0.1, -0.05) is 13.8 Å². The number of aliphatic hydroxyl groups excluding tert-OH is 2. The number of rotatable bonds is 2. The molecule has 70 valence electrons. The quantitative estimate of drug-likeness (QED) is 0.706. The van der Waals surface area contributed by atoms with E-state index in [4.69, 9.17) is 10.2 Å². The summed E-state index contributed by atoms with van der Waals surface area (Å²) in [6, 6.07) is 3.67. The van der Waals surface area contributed by atoms with Gasteiger partial charge in [0.2, 0.25) is 0 Å². The molecule has 0 radical (unpaired) electrons. The number of furan rings is 1. The van der Waals surface area contributed by atoms with Gasteiger partial charge in [0.1, 0.15) is 0 Å². The maximum atomic E-state index is 8.43. The van der Waals surface area contributed by atoms with E-state index in [1.807, 2.05) is 12.1 Å². The van der Waals surface area contributed by atoms with Gasteiger partial charge in [0.25, 0.3) is 0 Å². The fourth-order valence-corrected chi connectivity index (χ4v) is 0.277. The Kier molecular flexibility index (Phi) is 5.41. The average molecular weight is 172 g/mol. The first kappa shape index (κ1) is 11.2. The van der Waals surface area contributed by atoms with Gasteiger partial charge in [-0.15, -0.1) is 0 Å². The van der Waals surface area contributed by atoms with E-state index in [0.717, 1.165) is 0 Å². The first-order valence-electron chi connectivity index (χ1n) is 3.81. The van der Waals surface area contributed by atoms with Crippen LogP contribution in [0.3, 0.4) is 0 Å². The van der Waals surface area contributed by atoms with Crippen molar-refractivity contribution in [3.63, 3.8) is 0 Å². The second-order valence-corrected chi connectivity index (χ2v) is 3.27. The molecule has 1 aromatic heterocycles. The molecule has 0 atom stereocenters. The first-order valence-corrected chi connectivity index (χ1v) is 3.81. The maximum Gasteiger partial charge on any atom is 0.0902 e. The minimum atomic E-state index is -0.306. The van der Waals surface area contributed by atoms with Gasteiger partial charge in [0, 0.05) is 5.41 Å². The predicted octanol–water partition coefficient (Wildman–Crippen LogP) is 1.28. The summed E-state index contributed by atoms with van der Waals surface area (Å²) < 4.78 is 4.58. The Balaban J connectivity index is 0.000000211. The highest BCUT2D eigenvalue weighted by atomic mass is 16.3. The summed E-state index contributed by atoms with van der Waals surface area (Å²) in [5.41, 5.74) is -0.306. The van der Waals surface area contributed by atoms with E-state index in [1.165, 1.54) is 0 Å². The molecule has 0 fully saturated rings. The Labute approximate surface area is 72.6 Å². The van der Waals surface area contributed by atoms with Gasteiger partial charge in [-0.3, -0.25) is 0 Å². The summed E-state index contributed by atoms with van der Waals surface area (Å²) in [5, 5.41) is 16.9. The maximum absolute atomic E-state index is 8.43. The summed E-state index contributed by atoms with van der Waals surface area (Å²) in [6.07, 6.45) is 3.25. The molecule has 0 bridgehead atoms. The van der Waals surface area contributed by atoms with Crippen molar-refractivity contribution in [3.8, 4) is 0 Å². The summed E-state index contributed by atoms with van der Waals surface area (Å²) >= 11 is 0. The summed E-state index contributed by atoms with van der Waals surface area (Å²) in [7, 11) is 0. The van der Waals surface area contributed by atoms with E-state index in [9.17, 15) is 0 Å². The van der Waals surface area contributed by atoms with E-state index in [-0.39, 0.29) is 18.6 Å². The van der Waals surface area contributed by atoms with Crippen LogP contribution in [0, 0.1) is 5.41 Å². The highest BCUT2D eigenvalue weighted by molar-refractivity contribution is 4.79. The molecule has 0 aliphatic carbocycles. The fourth-order valence-electron chi connectivity index (χ4n) is 0.277. The Morgan fingerprint density at radius 1 is 1.08 bits per heavy atom. The lowest BCUT2D eigenvalue weighted by Crippen LogP contribution is -2.20. The first-order chi connectivity index (χ1) is 5.62. The molecule has 0 aliphatic rings. The minimum absolute atomic E-state index is 0.0451. The normalized spacial score (nSPS) is 10.3. The van der Waals surface area contributed by atoms with Crippen molar-refractivity contribution >= 4 is 0 Å². The van der Waals surface area contributed by atoms with Crippen LogP contribution in [0.1, 0.15) is 13.8 Å². The van der Waals surface area contributed by atoms with Gasteiger partial charge in [0.15, 0.2) is 0 Å². The third kappa shape index (κ3) is 5.95. The molecule has 3 heteroatoms. The van der Waals surface area contributed by atoms with Gasteiger partial charge >= 0.3 is 0 Å². The molecule has 0 unspecified atom stereocenters. The highest BCUT2D eigenvalue weighted by Gasteiger charge is 2.13. The largest absolute Gasteiger partial charge is 0.473 e. The Morgan fingerprint density at radius 2 is 1.50 bits per heavy atom. The predicted molar refractivity (Wildman–Crippen MR) is 46.7 cm³/mol. The standard InChI is InChI=1S/C5H12O2.C4H4O/c1-5(2,3-6)4-7;1-2-4-5-3-1/h6-7H,3-4H2,1-2H3;1-4H. The molecule has 3 nitrogen and oxygen atoms in total. The van der Waals surface area contributed by atoms with Crippen LogP contribution in [-0.2, 0) is 0 Å². The molecule has 1 rings (SSSR count). The molecule has 2 N–H and O–H groups in total. The lowest BCUT2D eigenvalue weighted by Gasteiger charge is -2.16. The lowest BCUT2D eigenvalue weighted by molar-refractivity contribution is 0.0857. The molecular weight excluding hydrogens is 156 g/mol. The van der Waals surface area contributed by atoms with Crippen molar-refractivity contribution in [1.29, 1.82) is 0 Å². The number of aliphatic hydroxyl groups is 2. The molecule has 1 heterocycles. The molecule has 0 aromatic carbocycles. The molecular formula is C9H16O3. The van der Waals surface area contributed by atoms with E-state index in [2.05, 4.69) is 4.42 Å². The van der Waals surface area contributed by atoms with Crippen LogP contribution in [0.2, 0.25) is 0 Å². The third-order valence-electron chi connectivity index (χ3n) is 1.28. The van der Waals surface area contributed by atoms with Gasteiger partial charge in [-0.2, -0.15) is 0 Å². The van der Waals surface area contributed by atoms with Gasteiger partial charge in [0.05, 0.1) is 25.7 Å². The summed E-state index contributed by atoms with van der Waals surface area (Å²) in [5.74, 6) is 0. The molecule has 1 aromatic rings. The minimum Gasteiger partial charge on any atom is -0.473 e. The smallest absolute Gasteiger partial charge is 0.0902 e. The van der Waals surface area contributed by atoms with E-state index < -0.39 is 0 Å². The van der Waals surface area contributed by atoms with E-state index in [1.54, 1.807) is 26.4 Å². The number of hydrogen-bond acceptors (Lipinski definition) is 3. The zero-order valence-electron chi connectivity index (χ0n) is 7.53. The molecule has 0 amide bonds. The molecule has 0 aliphatic heterocycles. The Hall–Kier alpha value is -0.800. The van der Waals surface area contributed by atoms with Crippen LogP contribution in [-0.4, -0.2) is 23.4 Å². The summed E-state index contributed by atoms with van der Waals surface area (Å²) in [6.45, 7) is 3.69. The van der Waals surface area contributed by atoms with Crippen LogP contribution in [0.5, 0.6) is 0 Å². The fraction of sp³-hybridized carbons (Fsp3) is 0.556. The van der Waals surface area contributed by atoms with Gasteiger partial charge in [-0.05, 0) is 12.1 Å². The number of hydrogen-bond donors (Lipinski definition) is 2. The Morgan fingerprint density at radius 3 is 1.58 bits per heavy atom. The van der Waals surface area contributed by atoms with Crippen molar-refractivity contribution in [2.24, 2.45) is 5.41 Å². The monoisotopic (exact) mass is 172 g/mol. The van der Waals surface area contributed by atoms with Crippen LogP contribution in [0.15, 0.2) is 29.1 Å². The van der Waals surface area contributed by atoms with E-state index in [0.29, 0.717) is 0 Å². The van der Waals surface area contributed by atoms with E-state index >= 15 is 0 Å². The lowest BCUT2D eigenvalue weighted by atomic mass is 9.97. The van der Waals surface area contributed by atoms with Gasteiger partial charge < -0.3 is 14.6 Å². The van der Waals surface area contributed by atoms with Crippen molar-refractivity contribution < 1.29 is 14.6 Å². The van der Waals surface area contributed by atoms with Crippen molar-refractivity contribution in [1.82, 2.24) is 0 Å².